The standard InChI is InChI=1S/C11H16N2O/c1-9(12)6-11(7-14-8-11)10-2-4-13-5-3-10/h2-5,9H,6-8,12H2,1H3. The summed E-state index contributed by atoms with van der Waals surface area (Å²) in [5.41, 5.74) is 7.31. The van der Waals surface area contributed by atoms with Gasteiger partial charge in [-0.3, -0.25) is 4.98 Å². The number of hydrogen-bond acceptors (Lipinski definition) is 3. The molecule has 14 heavy (non-hydrogen) atoms. The zero-order chi connectivity index (χ0) is 10.0. The van der Waals surface area contributed by atoms with E-state index in [1.807, 2.05) is 19.3 Å². The molecule has 2 rings (SSSR count). The Balaban J connectivity index is 2.20. The predicted molar refractivity (Wildman–Crippen MR) is 55.0 cm³/mol. The monoisotopic (exact) mass is 192 g/mol. The Morgan fingerprint density at radius 2 is 2.14 bits per heavy atom. The van der Waals surface area contributed by atoms with Gasteiger partial charge in [-0.05, 0) is 31.0 Å². The van der Waals surface area contributed by atoms with Crippen LogP contribution in [0.15, 0.2) is 24.5 Å². The fourth-order valence-electron chi connectivity index (χ4n) is 2.07. The summed E-state index contributed by atoms with van der Waals surface area (Å²) in [6.07, 6.45) is 4.64. The molecule has 0 amide bonds. The lowest BCUT2D eigenvalue weighted by atomic mass is 9.74. The minimum Gasteiger partial charge on any atom is -0.379 e. The molecule has 1 saturated heterocycles. The molecule has 1 atom stereocenters. The van der Waals surface area contributed by atoms with E-state index < -0.39 is 0 Å². The highest BCUT2D eigenvalue weighted by Crippen LogP contribution is 2.36. The molecule has 0 radical (unpaired) electrons. The smallest absolute Gasteiger partial charge is 0.0586 e. The van der Waals surface area contributed by atoms with Crippen LogP contribution in [0.4, 0.5) is 0 Å². The quantitative estimate of drug-likeness (QED) is 0.779. The van der Waals surface area contributed by atoms with Crippen LogP contribution in [0.25, 0.3) is 0 Å². The molecule has 1 aliphatic heterocycles. The minimum atomic E-state index is 0.150. The van der Waals surface area contributed by atoms with Crippen molar-refractivity contribution in [1.29, 1.82) is 0 Å². The number of hydrogen-bond donors (Lipinski definition) is 1. The first-order valence-corrected chi connectivity index (χ1v) is 4.97. The summed E-state index contributed by atoms with van der Waals surface area (Å²) in [4.78, 5) is 4.02. The van der Waals surface area contributed by atoms with Crippen LogP contribution < -0.4 is 5.73 Å². The third-order valence-electron chi connectivity index (χ3n) is 2.76. The Labute approximate surface area is 84.3 Å². The fraction of sp³-hybridized carbons (Fsp3) is 0.545. The summed E-state index contributed by atoms with van der Waals surface area (Å²) >= 11 is 0. The highest BCUT2D eigenvalue weighted by Gasteiger charge is 2.40. The van der Waals surface area contributed by atoms with Crippen LogP contribution in [0, 0.1) is 0 Å². The highest BCUT2D eigenvalue weighted by molar-refractivity contribution is 5.26. The lowest BCUT2D eigenvalue weighted by Crippen LogP contribution is -2.49. The molecule has 3 nitrogen and oxygen atoms in total. The molecule has 0 aromatic carbocycles. The topological polar surface area (TPSA) is 48.1 Å². The van der Waals surface area contributed by atoms with Gasteiger partial charge in [0.1, 0.15) is 0 Å². The molecule has 1 fully saturated rings. The summed E-state index contributed by atoms with van der Waals surface area (Å²) in [6.45, 7) is 3.62. The van der Waals surface area contributed by atoms with E-state index in [0.717, 1.165) is 19.6 Å². The molecule has 0 saturated carbocycles. The van der Waals surface area contributed by atoms with Gasteiger partial charge in [0.15, 0.2) is 0 Å². The van der Waals surface area contributed by atoms with Gasteiger partial charge in [-0.15, -0.1) is 0 Å². The summed E-state index contributed by atoms with van der Waals surface area (Å²) in [6, 6.07) is 4.34. The van der Waals surface area contributed by atoms with Crippen molar-refractivity contribution in [3.05, 3.63) is 30.1 Å². The van der Waals surface area contributed by atoms with E-state index in [1.54, 1.807) is 0 Å². The zero-order valence-corrected chi connectivity index (χ0v) is 8.44. The van der Waals surface area contributed by atoms with Crippen LogP contribution in [0.3, 0.4) is 0 Å². The third kappa shape index (κ3) is 1.65. The van der Waals surface area contributed by atoms with Crippen molar-refractivity contribution in [3.63, 3.8) is 0 Å². The number of rotatable bonds is 3. The molecular formula is C11H16N2O. The van der Waals surface area contributed by atoms with E-state index >= 15 is 0 Å². The summed E-state index contributed by atoms with van der Waals surface area (Å²) < 4.78 is 5.32. The van der Waals surface area contributed by atoms with Crippen LogP contribution >= 0.6 is 0 Å². The molecule has 1 aromatic rings. The molecule has 1 aliphatic rings. The lowest BCUT2D eigenvalue weighted by Gasteiger charge is -2.43. The summed E-state index contributed by atoms with van der Waals surface area (Å²) in [5.74, 6) is 0. The van der Waals surface area contributed by atoms with E-state index in [1.165, 1.54) is 5.56 Å². The van der Waals surface area contributed by atoms with Crippen LogP contribution in [0.1, 0.15) is 18.9 Å². The van der Waals surface area contributed by atoms with Gasteiger partial charge in [0.2, 0.25) is 0 Å². The second-order valence-corrected chi connectivity index (χ2v) is 4.19. The molecule has 1 aromatic heterocycles. The van der Waals surface area contributed by atoms with Gasteiger partial charge in [-0.1, -0.05) is 0 Å². The summed E-state index contributed by atoms with van der Waals surface area (Å²) in [7, 11) is 0. The van der Waals surface area contributed by atoms with Crippen molar-refractivity contribution in [2.45, 2.75) is 24.8 Å². The molecule has 0 bridgehead atoms. The van der Waals surface area contributed by atoms with Gasteiger partial charge in [0.05, 0.1) is 13.2 Å². The normalized spacial score (nSPS) is 21.3. The molecule has 3 heteroatoms. The first kappa shape index (κ1) is 9.62. The van der Waals surface area contributed by atoms with Crippen LogP contribution in [-0.2, 0) is 10.2 Å². The van der Waals surface area contributed by atoms with E-state index in [9.17, 15) is 0 Å². The van der Waals surface area contributed by atoms with Crippen LogP contribution in [0.2, 0.25) is 0 Å². The Bertz CT molecular complexity index is 293. The van der Waals surface area contributed by atoms with Gasteiger partial charge in [-0.2, -0.15) is 0 Å². The average Bonchev–Trinajstić information content (AvgIpc) is 2.12. The lowest BCUT2D eigenvalue weighted by molar-refractivity contribution is -0.0665. The first-order valence-electron chi connectivity index (χ1n) is 4.97. The minimum absolute atomic E-state index is 0.150. The van der Waals surface area contributed by atoms with Crippen molar-refractivity contribution in [1.82, 2.24) is 4.98 Å². The third-order valence-corrected chi connectivity index (χ3v) is 2.76. The zero-order valence-electron chi connectivity index (χ0n) is 8.44. The van der Waals surface area contributed by atoms with Gasteiger partial charge in [0, 0.05) is 23.9 Å². The second kappa shape index (κ2) is 3.67. The molecule has 1 unspecified atom stereocenters. The van der Waals surface area contributed by atoms with Crippen LogP contribution in [0.5, 0.6) is 0 Å². The van der Waals surface area contributed by atoms with Crippen LogP contribution in [-0.4, -0.2) is 24.2 Å². The van der Waals surface area contributed by atoms with Crippen molar-refractivity contribution < 1.29 is 4.74 Å². The van der Waals surface area contributed by atoms with Gasteiger partial charge in [-0.25, -0.2) is 0 Å². The number of pyridine rings is 1. The number of nitrogens with two attached hydrogens (primary N) is 1. The van der Waals surface area contributed by atoms with E-state index in [0.29, 0.717) is 0 Å². The van der Waals surface area contributed by atoms with E-state index in [-0.39, 0.29) is 11.5 Å². The maximum absolute atomic E-state index is 5.85. The predicted octanol–water partition coefficient (Wildman–Crippen LogP) is 1.09. The Morgan fingerprint density at radius 3 is 2.57 bits per heavy atom. The maximum Gasteiger partial charge on any atom is 0.0586 e. The molecule has 0 aliphatic carbocycles. The number of aromatic nitrogens is 1. The van der Waals surface area contributed by atoms with Gasteiger partial charge >= 0.3 is 0 Å². The maximum atomic E-state index is 5.85. The van der Waals surface area contributed by atoms with E-state index in [2.05, 4.69) is 17.1 Å². The average molecular weight is 192 g/mol. The molecule has 0 spiro atoms. The van der Waals surface area contributed by atoms with Crippen molar-refractivity contribution >= 4 is 0 Å². The Hall–Kier alpha value is -0.930. The fourth-order valence-corrected chi connectivity index (χ4v) is 2.07. The Kier molecular flexibility index (Phi) is 2.52. The van der Waals surface area contributed by atoms with Crippen molar-refractivity contribution in [3.8, 4) is 0 Å². The largest absolute Gasteiger partial charge is 0.379 e. The van der Waals surface area contributed by atoms with Gasteiger partial charge < -0.3 is 10.5 Å². The molecular weight excluding hydrogens is 176 g/mol. The van der Waals surface area contributed by atoms with Crippen molar-refractivity contribution in [2.24, 2.45) is 5.73 Å². The number of nitrogens with zero attached hydrogens (tertiary/aromatic N) is 1. The second-order valence-electron chi connectivity index (χ2n) is 4.19. The van der Waals surface area contributed by atoms with Gasteiger partial charge in [0.25, 0.3) is 0 Å². The molecule has 76 valence electrons. The number of ether oxygens (including phenoxy) is 1. The SMILES string of the molecule is CC(N)CC1(c2ccncc2)COC1. The summed E-state index contributed by atoms with van der Waals surface area (Å²) in [5, 5.41) is 0. The van der Waals surface area contributed by atoms with Crippen molar-refractivity contribution in [2.75, 3.05) is 13.2 Å². The Morgan fingerprint density at radius 1 is 1.50 bits per heavy atom. The highest BCUT2D eigenvalue weighted by atomic mass is 16.5. The first-order chi connectivity index (χ1) is 6.73. The van der Waals surface area contributed by atoms with E-state index in [4.69, 9.17) is 10.5 Å². The molecule has 2 N–H and O–H groups in total. The molecule has 2 heterocycles.